The van der Waals surface area contributed by atoms with Crippen molar-refractivity contribution in [2.24, 2.45) is 0 Å². The number of hydrogen-bond acceptors (Lipinski definition) is 2. The number of benzene rings is 2. The van der Waals surface area contributed by atoms with E-state index in [0.717, 1.165) is 15.7 Å². The third-order valence-electron chi connectivity index (χ3n) is 4.05. The van der Waals surface area contributed by atoms with Gasteiger partial charge in [-0.15, -0.1) is 0 Å². The van der Waals surface area contributed by atoms with Crippen molar-refractivity contribution in [3.05, 3.63) is 59.7 Å². The summed E-state index contributed by atoms with van der Waals surface area (Å²) in [6.07, 6.45) is 5.28. The average molecular weight is 298 g/mol. The minimum Gasteiger partial charge on any atom is -0.478 e. The molecule has 3 heteroatoms. The molecular formula is C18H18O2S. The van der Waals surface area contributed by atoms with Gasteiger partial charge in [0.15, 0.2) is 0 Å². The summed E-state index contributed by atoms with van der Waals surface area (Å²) < 4.78 is 0. The van der Waals surface area contributed by atoms with Gasteiger partial charge in [0.1, 0.15) is 0 Å². The van der Waals surface area contributed by atoms with Gasteiger partial charge in [-0.2, -0.15) is 0 Å². The van der Waals surface area contributed by atoms with E-state index in [2.05, 4.69) is 24.3 Å². The second-order valence-electron chi connectivity index (χ2n) is 5.45. The molecule has 1 aliphatic rings. The molecule has 1 aliphatic carbocycles. The number of aromatic carboxylic acids is 1. The van der Waals surface area contributed by atoms with Gasteiger partial charge in [-0.25, -0.2) is 4.79 Å². The lowest BCUT2D eigenvalue weighted by Gasteiger charge is -2.10. The summed E-state index contributed by atoms with van der Waals surface area (Å²) >= 11 is 1.51. The Bertz CT molecular complexity index is 628. The van der Waals surface area contributed by atoms with Gasteiger partial charge in [0.05, 0.1) is 5.56 Å². The molecule has 0 heterocycles. The second kappa shape index (κ2) is 6.35. The van der Waals surface area contributed by atoms with Crippen molar-refractivity contribution in [2.75, 3.05) is 0 Å². The van der Waals surface area contributed by atoms with Crippen LogP contribution in [0.5, 0.6) is 0 Å². The molecule has 21 heavy (non-hydrogen) atoms. The van der Waals surface area contributed by atoms with Crippen LogP contribution < -0.4 is 0 Å². The lowest BCUT2D eigenvalue weighted by molar-refractivity contribution is 0.0693. The van der Waals surface area contributed by atoms with Gasteiger partial charge >= 0.3 is 5.97 Å². The summed E-state index contributed by atoms with van der Waals surface area (Å²) in [5.74, 6) is -0.156. The summed E-state index contributed by atoms with van der Waals surface area (Å²) in [6, 6.07) is 15.8. The first-order valence-electron chi connectivity index (χ1n) is 7.34. The van der Waals surface area contributed by atoms with Crippen molar-refractivity contribution >= 4 is 17.7 Å². The van der Waals surface area contributed by atoms with Crippen molar-refractivity contribution < 1.29 is 9.90 Å². The molecule has 1 saturated carbocycles. The fraction of sp³-hybridized carbons (Fsp3) is 0.278. The number of hydrogen-bond donors (Lipinski definition) is 1. The van der Waals surface area contributed by atoms with Crippen LogP contribution in [0.25, 0.3) is 0 Å². The van der Waals surface area contributed by atoms with Crippen LogP contribution in [0.1, 0.15) is 47.5 Å². The highest BCUT2D eigenvalue weighted by Crippen LogP contribution is 2.36. The molecule has 0 amide bonds. The van der Waals surface area contributed by atoms with E-state index in [1.807, 2.05) is 12.1 Å². The number of rotatable bonds is 4. The molecule has 108 valence electrons. The van der Waals surface area contributed by atoms with Crippen LogP contribution >= 0.6 is 11.8 Å². The van der Waals surface area contributed by atoms with Crippen LogP contribution in [0, 0.1) is 0 Å². The largest absolute Gasteiger partial charge is 0.478 e. The highest BCUT2D eigenvalue weighted by atomic mass is 32.2. The Morgan fingerprint density at radius 3 is 2.33 bits per heavy atom. The van der Waals surface area contributed by atoms with Crippen LogP contribution in [0.2, 0.25) is 0 Å². The summed E-state index contributed by atoms with van der Waals surface area (Å²) in [4.78, 5) is 13.1. The molecule has 0 saturated heterocycles. The van der Waals surface area contributed by atoms with E-state index in [1.54, 1.807) is 12.1 Å². The number of carbonyl (C=O) groups is 1. The van der Waals surface area contributed by atoms with Gasteiger partial charge in [-0.1, -0.05) is 48.9 Å². The Morgan fingerprint density at radius 1 is 1.00 bits per heavy atom. The quantitative estimate of drug-likeness (QED) is 0.843. The number of carboxylic acids is 1. The van der Waals surface area contributed by atoms with E-state index >= 15 is 0 Å². The lowest BCUT2D eigenvalue weighted by atomic mass is 9.98. The zero-order valence-electron chi connectivity index (χ0n) is 11.8. The maximum absolute atomic E-state index is 11.2. The summed E-state index contributed by atoms with van der Waals surface area (Å²) in [5, 5.41) is 9.22. The molecule has 0 aromatic heterocycles. The first-order chi connectivity index (χ1) is 10.2. The molecule has 0 spiro atoms. The van der Waals surface area contributed by atoms with Gasteiger partial charge in [-0.3, -0.25) is 0 Å². The van der Waals surface area contributed by atoms with Crippen molar-refractivity contribution in [3.63, 3.8) is 0 Å². The third kappa shape index (κ3) is 3.30. The van der Waals surface area contributed by atoms with E-state index in [4.69, 9.17) is 0 Å². The van der Waals surface area contributed by atoms with Gasteiger partial charge in [0, 0.05) is 9.79 Å². The molecule has 0 aliphatic heterocycles. The monoisotopic (exact) mass is 298 g/mol. The zero-order chi connectivity index (χ0) is 14.7. The predicted molar refractivity (Wildman–Crippen MR) is 85.2 cm³/mol. The Labute approximate surface area is 129 Å². The maximum Gasteiger partial charge on any atom is 0.336 e. The van der Waals surface area contributed by atoms with Crippen molar-refractivity contribution in [1.82, 2.24) is 0 Å². The van der Waals surface area contributed by atoms with E-state index in [0.29, 0.717) is 5.56 Å². The van der Waals surface area contributed by atoms with E-state index < -0.39 is 5.97 Å². The third-order valence-corrected chi connectivity index (χ3v) is 5.14. The van der Waals surface area contributed by atoms with E-state index in [1.165, 1.54) is 43.0 Å². The van der Waals surface area contributed by atoms with Crippen LogP contribution in [-0.2, 0) is 0 Å². The molecule has 0 bridgehead atoms. The smallest absolute Gasteiger partial charge is 0.336 e. The van der Waals surface area contributed by atoms with Crippen molar-refractivity contribution in [3.8, 4) is 0 Å². The molecule has 0 unspecified atom stereocenters. The molecule has 2 nitrogen and oxygen atoms in total. The van der Waals surface area contributed by atoms with Crippen molar-refractivity contribution in [1.29, 1.82) is 0 Å². The fourth-order valence-electron chi connectivity index (χ4n) is 2.93. The SMILES string of the molecule is O=C(O)c1ccccc1Sc1ccc(C2CCCC2)cc1. The standard InChI is InChI=1S/C18H18O2S/c19-18(20)16-7-3-4-8-17(16)21-15-11-9-14(10-12-15)13-5-1-2-6-13/h3-4,7-13H,1-2,5-6H2,(H,19,20). The lowest BCUT2D eigenvalue weighted by Crippen LogP contribution is -1.98. The van der Waals surface area contributed by atoms with Crippen LogP contribution in [0.4, 0.5) is 0 Å². The molecule has 2 aromatic rings. The zero-order valence-corrected chi connectivity index (χ0v) is 12.6. The molecule has 3 rings (SSSR count). The number of carboxylic acid groups (broad SMARTS) is 1. The average Bonchev–Trinajstić information content (AvgIpc) is 3.03. The Morgan fingerprint density at radius 2 is 1.67 bits per heavy atom. The minimum atomic E-state index is -0.874. The van der Waals surface area contributed by atoms with Crippen LogP contribution in [0.15, 0.2) is 58.3 Å². The molecule has 0 radical (unpaired) electrons. The molecule has 0 atom stereocenters. The van der Waals surface area contributed by atoms with Gasteiger partial charge < -0.3 is 5.11 Å². The van der Waals surface area contributed by atoms with Gasteiger partial charge in [0.2, 0.25) is 0 Å². The summed E-state index contributed by atoms with van der Waals surface area (Å²) in [6.45, 7) is 0. The van der Waals surface area contributed by atoms with Gasteiger partial charge in [-0.05, 0) is 48.6 Å². The van der Waals surface area contributed by atoms with Gasteiger partial charge in [0.25, 0.3) is 0 Å². The van der Waals surface area contributed by atoms with E-state index in [9.17, 15) is 9.90 Å². The topological polar surface area (TPSA) is 37.3 Å². The van der Waals surface area contributed by atoms with Crippen molar-refractivity contribution in [2.45, 2.75) is 41.4 Å². The van der Waals surface area contributed by atoms with Crippen LogP contribution in [-0.4, -0.2) is 11.1 Å². The Balaban J connectivity index is 1.77. The normalized spacial score (nSPS) is 15.2. The molecule has 2 aromatic carbocycles. The summed E-state index contributed by atoms with van der Waals surface area (Å²) in [5.41, 5.74) is 1.78. The minimum absolute atomic E-state index is 0.363. The Hall–Kier alpha value is -1.74. The molecular weight excluding hydrogens is 280 g/mol. The highest BCUT2D eigenvalue weighted by molar-refractivity contribution is 7.99. The first-order valence-corrected chi connectivity index (χ1v) is 8.16. The Kier molecular flexibility index (Phi) is 4.30. The second-order valence-corrected chi connectivity index (χ2v) is 6.57. The van der Waals surface area contributed by atoms with Crippen LogP contribution in [0.3, 0.4) is 0 Å². The first kappa shape index (κ1) is 14.2. The van der Waals surface area contributed by atoms with E-state index in [-0.39, 0.29) is 0 Å². The molecule has 1 N–H and O–H groups in total. The maximum atomic E-state index is 11.2. The fourth-order valence-corrected chi connectivity index (χ4v) is 3.86. The summed E-state index contributed by atoms with van der Waals surface area (Å²) in [7, 11) is 0. The predicted octanol–water partition coefficient (Wildman–Crippen LogP) is 5.19. The highest BCUT2D eigenvalue weighted by Gasteiger charge is 2.17. The molecule has 1 fully saturated rings.